The number of aliphatic hydroxyl groups is 1. The van der Waals surface area contributed by atoms with Crippen LogP contribution in [0.25, 0.3) is 0 Å². The zero-order valence-electron chi connectivity index (χ0n) is 8.44. The van der Waals surface area contributed by atoms with Gasteiger partial charge in [-0.25, -0.2) is 0 Å². The molecule has 0 radical (unpaired) electrons. The molecule has 2 aromatic rings. The molecule has 17 heavy (non-hydrogen) atoms. The summed E-state index contributed by atoms with van der Waals surface area (Å²) in [6.07, 6.45) is -4.16. The van der Waals surface area contributed by atoms with Gasteiger partial charge in [0.15, 0.2) is 0 Å². The fourth-order valence-corrected chi connectivity index (χ4v) is 1.37. The van der Waals surface area contributed by atoms with Crippen LogP contribution in [0.2, 0.25) is 0 Å². The van der Waals surface area contributed by atoms with Crippen LogP contribution in [0.15, 0.2) is 30.5 Å². The molecule has 1 aromatic carbocycles. The van der Waals surface area contributed by atoms with Gasteiger partial charge in [-0.3, -0.25) is 0 Å². The first kappa shape index (κ1) is 11.6. The molecule has 0 saturated heterocycles. The maximum Gasteiger partial charge on any atom is 0.416 e. The van der Waals surface area contributed by atoms with Crippen LogP contribution in [0.1, 0.15) is 22.9 Å². The zero-order chi connectivity index (χ0) is 12.5. The normalized spacial score (nSPS) is 13.6. The molecule has 0 saturated carbocycles. The Balaban J connectivity index is 2.24. The van der Waals surface area contributed by atoms with Gasteiger partial charge in [0.2, 0.25) is 0 Å². The van der Waals surface area contributed by atoms with Crippen molar-refractivity contribution in [2.24, 2.45) is 0 Å². The van der Waals surface area contributed by atoms with E-state index in [-0.39, 0.29) is 5.69 Å². The summed E-state index contributed by atoms with van der Waals surface area (Å²) in [4.78, 5) is 0. The lowest BCUT2D eigenvalue weighted by molar-refractivity contribution is -0.137. The molecule has 0 spiro atoms. The number of aliphatic hydroxyl groups excluding tert-OH is 1. The number of nitrogens with one attached hydrogen (secondary N) is 1. The predicted molar refractivity (Wildman–Crippen MR) is 51.9 cm³/mol. The second kappa shape index (κ2) is 4.17. The van der Waals surface area contributed by atoms with Crippen molar-refractivity contribution in [3.63, 3.8) is 0 Å². The largest absolute Gasteiger partial charge is 0.416 e. The summed E-state index contributed by atoms with van der Waals surface area (Å²) in [5, 5.41) is 19.3. The van der Waals surface area contributed by atoms with Crippen molar-refractivity contribution in [2.75, 3.05) is 0 Å². The van der Waals surface area contributed by atoms with E-state index in [0.717, 1.165) is 12.1 Å². The van der Waals surface area contributed by atoms with Gasteiger partial charge in [-0.15, -0.1) is 0 Å². The van der Waals surface area contributed by atoms with Gasteiger partial charge in [-0.05, 0) is 17.7 Å². The van der Waals surface area contributed by atoms with Gasteiger partial charge in [0, 0.05) is 0 Å². The van der Waals surface area contributed by atoms with Crippen LogP contribution in [0, 0.1) is 0 Å². The van der Waals surface area contributed by atoms with E-state index in [1.807, 2.05) is 0 Å². The molecule has 0 fully saturated rings. The van der Waals surface area contributed by atoms with Crippen LogP contribution >= 0.6 is 0 Å². The molecule has 2 N–H and O–H groups in total. The predicted octanol–water partition coefficient (Wildman–Crippen LogP) is 1.91. The lowest BCUT2D eigenvalue weighted by Crippen LogP contribution is -2.06. The lowest BCUT2D eigenvalue weighted by atomic mass is 10.1. The topological polar surface area (TPSA) is 61.8 Å². The number of halogens is 3. The molecular formula is C10H8F3N3O. The number of aromatic nitrogens is 3. The standard InChI is InChI=1S/C10H8F3N3O/c11-10(12,13)7-3-1-6(2-4-7)9(17)8-5-14-16-15-8/h1-5,9,17H,(H,14,15,16). The Morgan fingerprint density at radius 1 is 1.18 bits per heavy atom. The van der Waals surface area contributed by atoms with Crippen LogP contribution in [0.5, 0.6) is 0 Å². The molecule has 0 amide bonds. The van der Waals surface area contributed by atoms with Gasteiger partial charge < -0.3 is 5.11 Å². The summed E-state index contributed by atoms with van der Waals surface area (Å²) in [7, 11) is 0. The lowest BCUT2D eigenvalue weighted by Gasteiger charge is -2.10. The van der Waals surface area contributed by atoms with Gasteiger partial charge >= 0.3 is 6.18 Å². The molecule has 0 bridgehead atoms. The summed E-state index contributed by atoms with van der Waals surface area (Å²) in [6, 6.07) is 4.25. The highest BCUT2D eigenvalue weighted by Gasteiger charge is 2.30. The molecule has 0 aliphatic heterocycles. The average Bonchev–Trinajstić information content (AvgIpc) is 2.80. The monoisotopic (exact) mass is 243 g/mol. The van der Waals surface area contributed by atoms with E-state index in [2.05, 4.69) is 15.4 Å². The van der Waals surface area contributed by atoms with Gasteiger partial charge in [0.1, 0.15) is 11.8 Å². The number of rotatable bonds is 2. The van der Waals surface area contributed by atoms with E-state index < -0.39 is 17.8 Å². The number of aromatic amines is 1. The van der Waals surface area contributed by atoms with Gasteiger partial charge in [0.05, 0.1) is 11.8 Å². The minimum Gasteiger partial charge on any atom is -0.382 e. The molecule has 1 atom stereocenters. The molecule has 0 aliphatic rings. The SMILES string of the molecule is OC(c1ccc(C(F)(F)F)cc1)c1cn[nH]n1. The van der Waals surface area contributed by atoms with E-state index in [4.69, 9.17) is 0 Å². The van der Waals surface area contributed by atoms with Crippen molar-refractivity contribution in [3.05, 3.63) is 47.3 Å². The summed E-state index contributed by atoms with van der Waals surface area (Å²) >= 11 is 0. The molecule has 2 rings (SSSR count). The van der Waals surface area contributed by atoms with E-state index >= 15 is 0 Å². The number of alkyl halides is 3. The van der Waals surface area contributed by atoms with Crippen LogP contribution in [0.4, 0.5) is 13.2 Å². The number of nitrogens with zero attached hydrogens (tertiary/aromatic N) is 2. The van der Waals surface area contributed by atoms with E-state index in [9.17, 15) is 18.3 Å². The molecular weight excluding hydrogens is 235 g/mol. The van der Waals surface area contributed by atoms with Crippen molar-refractivity contribution < 1.29 is 18.3 Å². The Labute approximate surface area is 94.1 Å². The smallest absolute Gasteiger partial charge is 0.382 e. The third kappa shape index (κ3) is 2.44. The first-order chi connectivity index (χ1) is 7.98. The average molecular weight is 243 g/mol. The first-order valence-electron chi connectivity index (χ1n) is 4.69. The summed E-state index contributed by atoms with van der Waals surface area (Å²) in [6.45, 7) is 0. The Hall–Kier alpha value is -1.89. The highest BCUT2D eigenvalue weighted by molar-refractivity contribution is 5.29. The molecule has 1 heterocycles. The molecule has 1 aromatic heterocycles. The number of hydrogen-bond donors (Lipinski definition) is 2. The first-order valence-corrected chi connectivity index (χ1v) is 4.69. The maximum atomic E-state index is 12.3. The van der Waals surface area contributed by atoms with Crippen molar-refractivity contribution in [2.45, 2.75) is 12.3 Å². The van der Waals surface area contributed by atoms with Gasteiger partial charge in [-0.1, -0.05) is 12.1 Å². The fourth-order valence-electron chi connectivity index (χ4n) is 1.37. The Morgan fingerprint density at radius 2 is 1.82 bits per heavy atom. The summed E-state index contributed by atoms with van der Waals surface area (Å²) in [5.74, 6) is 0. The van der Waals surface area contributed by atoms with E-state index in [1.165, 1.54) is 18.3 Å². The Morgan fingerprint density at radius 3 is 2.29 bits per heavy atom. The highest BCUT2D eigenvalue weighted by atomic mass is 19.4. The van der Waals surface area contributed by atoms with Crippen molar-refractivity contribution in [1.82, 2.24) is 15.4 Å². The van der Waals surface area contributed by atoms with Crippen LogP contribution in [-0.2, 0) is 6.18 Å². The zero-order valence-corrected chi connectivity index (χ0v) is 8.44. The Kier molecular flexibility index (Phi) is 2.84. The van der Waals surface area contributed by atoms with Crippen LogP contribution < -0.4 is 0 Å². The minimum atomic E-state index is -4.38. The number of H-pyrrole nitrogens is 1. The van der Waals surface area contributed by atoms with Crippen molar-refractivity contribution in [3.8, 4) is 0 Å². The van der Waals surface area contributed by atoms with E-state index in [0.29, 0.717) is 5.56 Å². The second-order valence-electron chi connectivity index (χ2n) is 3.42. The molecule has 4 nitrogen and oxygen atoms in total. The Bertz CT molecular complexity index is 478. The molecule has 1 unspecified atom stereocenters. The molecule has 7 heteroatoms. The summed E-state index contributed by atoms with van der Waals surface area (Å²) in [5.41, 5.74) is -0.176. The number of benzene rings is 1. The third-order valence-electron chi connectivity index (χ3n) is 2.27. The van der Waals surface area contributed by atoms with Crippen LogP contribution in [0.3, 0.4) is 0 Å². The van der Waals surface area contributed by atoms with Crippen LogP contribution in [-0.4, -0.2) is 20.5 Å². The van der Waals surface area contributed by atoms with Crippen molar-refractivity contribution >= 4 is 0 Å². The van der Waals surface area contributed by atoms with Crippen molar-refractivity contribution in [1.29, 1.82) is 0 Å². The minimum absolute atomic E-state index is 0.254. The maximum absolute atomic E-state index is 12.3. The molecule has 0 aliphatic carbocycles. The quantitative estimate of drug-likeness (QED) is 0.846. The van der Waals surface area contributed by atoms with Gasteiger partial charge in [-0.2, -0.15) is 28.6 Å². The molecule has 90 valence electrons. The number of hydrogen-bond acceptors (Lipinski definition) is 3. The van der Waals surface area contributed by atoms with Gasteiger partial charge in [0.25, 0.3) is 0 Å². The third-order valence-corrected chi connectivity index (χ3v) is 2.27. The fraction of sp³-hybridized carbons (Fsp3) is 0.200. The summed E-state index contributed by atoms with van der Waals surface area (Å²) < 4.78 is 36.9. The van der Waals surface area contributed by atoms with E-state index in [1.54, 1.807) is 0 Å². The second-order valence-corrected chi connectivity index (χ2v) is 3.42. The highest BCUT2D eigenvalue weighted by Crippen LogP contribution is 2.30.